The molecule has 0 amide bonds. The van der Waals surface area contributed by atoms with Crippen LogP contribution in [0.1, 0.15) is 9.67 Å². The van der Waals surface area contributed by atoms with Crippen LogP contribution in [0.5, 0.6) is 0 Å². The van der Waals surface area contributed by atoms with Gasteiger partial charge in [-0.2, -0.15) is 0 Å². The summed E-state index contributed by atoms with van der Waals surface area (Å²) < 4.78 is 0. The summed E-state index contributed by atoms with van der Waals surface area (Å²) in [4.78, 5) is 11.0. The minimum Gasteiger partial charge on any atom is -0.477 e. The summed E-state index contributed by atoms with van der Waals surface area (Å²) in [6.45, 7) is 0. The van der Waals surface area contributed by atoms with Crippen molar-refractivity contribution in [1.29, 1.82) is 0 Å². The molecule has 0 aliphatic carbocycles. The molecule has 0 aliphatic rings. The zero-order valence-corrected chi connectivity index (χ0v) is 9.68. The van der Waals surface area contributed by atoms with Gasteiger partial charge >= 0.3 is 5.97 Å². The van der Waals surface area contributed by atoms with Crippen LogP contribution in [-0.2, 0) is 0 Å². The van der Waals surface area contributed by atoms with E-state index in [4.69, 9.17) is 22.4 Å². The van der Waals surface area contributed by atoms with Crippen molar-refractivity contribution >= 4 is 34.6 Å². The maximum atomic E-state index is 10.8. The quantitative estimate of drug-likeness (QED) is 0.863. The minimum absolute atomic E-state index is 0.162. The third kappa shape index (κ3) is 1.89. The van der Waals surface area contributed by atoms with Gasteiger partial charge in [-0.1, -0.05) is 23.7 Å². The fourth-order valence-corrected chi connectivity index (χ4v) is 2.44. The predicted octanol–water partition coefficient (Wildman–Crippen LogP) is 3.35. The van der Waals surface area contributed by atoms with Crippen molar-refractivity contribution in [3.05, 3.63) is 39.5 Å². The first-order valence-corrected chi connectivity index (χ1v) is 5.71. The second-order valence-corrected chi connectivity index (χ2v) is 4.52. The van der Waals surface area contributed by atoms with Crippen molar-refractivity contribution in [1.82, 2.24) is 0 Å². The number of hydrogen-bond donors (Lipinski definition) is 2. The van der Waals surface area contributed by atoms with Gasteiger partial charge in [0, 0.05) is 16.0 Å². The molecule has 0 bridgehead atoms. The van der Waals surface area contributed by atoms with Crippen LogP contribution in [0.15, 0.2) is 29.6 Å². The molecule has 0 unspecified atom stereocenters. The van der Waals surface area contributed by atoms with Gasteiger partial charge in [-0.05, 0) is 17.7 Å². The molecule has 2 aromatic rings. The normalized spacial score (nSPS) is 10.3. The summed E-state index contributed by atoms with van der Waals surface area (Å²) in [5.74, 6) is -1.00. The summed E-state index contributed by atoms with van der Waals surface area (Å²) in [6.07, 6.45) is 0. The van der Waals surface area contributed by atoms with E-state index >= 15 is 0 Å². The lowest BCUT2D eigenvalue weighted by molar-refractivity contribution is 0.0703. The molecule has 16 heavy (non-hydrogen) atoms. The van der Waals surface area contributed by atoms with Gasteiger partial charge in [-0.25, -0.2) is 4.79 Å². The van der Waals surface area contributed by atoms with Crippen LogP contribution in [0.3, 0.4) is 0 Å². The molecule has 0 fully saturated rings. The third-order valence-electron chi connectivity index (χ3n) is 2.16. The number of halogens is 1. The van der Waals surface area contributed by atoms with Crippen molar-refractivity contribution in [2.24, 2.45) is 0 Å². The van der Waals surface area contributed by atoms with Gasteiger partial charge in [0.05, 0.1) is 5.69 Å². The van der Waals surface area contributed by atoms with Gasteiger partial charge in [0.15, 0.2) is 0 Å². The number of benzene rings is 1. The van der Waals surface area contributed by atoms with Crippen molar-refractivity contribution in [3.8, 4) is 11.1 Å². The largest absolute Gasteiger partial charge is 0.477 e. The zero-order valence-electron chi connectivity index (χ0n) is 8.11. The monoisotopic (exact) mass is 253 g/mol. The average molecular weight is 254 g/mol. The number of aromatic carboxylic acids is 1. The van der Waals surface area contributed by atoms with Crippen LogP contribution >= 0.6 is 22.9 Å². The van der Waals surface area contributed by atoms with Gasteiger partial charge < -0.3 is 10.8 Å². The number of thiophene rings is 1. The molecule has 0 atom stereocenters. The first-order chi connectivity index (χ1) is 7.59. The molecule has 0 radical (unpaired) electrons. The highest BCUT2D eigenvalue weighted by atomic mass is 35.5. The Labute approximate surface area is 101 Å². The number of carboxylic acids is 1. The first kappa shape index (κ1) is 11.0. The summed E-state index contributed by atoms with van der Waals surface area (Å²) in [5.41, 5.74) is 7.60. The Morgan fingerprint density at radius 1 is 1.44 bits per heavy atom. The number of anilines is 1. The number of carbonyl (C=O) groups is 1. The lowest BCUT2D eigenvalue weighted by Gasteiger charge is -2.01. The van der Waals surface area contributed by atoms with E-state index in [1.807, 2.05) is 6.07 Å². The molecule has 1 heterocycles. The van der Waals surface area contributed by atoms with E-state index in [0.717, 1.165) is 16.9 Å². The average Bonchev–Trinajstić information content (AvgIpc) is 2.60. The highest BCUT2D eigenvalue weighted by molar-refractivity contribution is 7.13. The van der Waals surface area contributed by atoms with Gasteiger partial charge in [0.2, 0.25) is 0 Å². The fourth-order valence-electron chi connectivity index (χ4n) is 1.41. The van der Waals surface area contributed by atoms with Crippen LogP contribution in [-0.4, -0.2) is 11.1 Å². The van der Waals surface area contributed by atoms with E-state index in [0.29, 0.717) is 16.3 Å². The smallest absolute Gasteiger partial charge is 0.348 e. The van der Waals surface area contributed by atoms with Crippen LogP contribution in [0.4, 0.5) is 5.69 Å². The molecule has 2 rings (SSSR count). The lowest BCUT2D eigenvalue weighted by Crippen LogP contribution is -1.98. The Hall–Kier alpha value is -1.52. The molecule has 0 saturated carbocycles. The highest BCUT2D eigenvalue weighted by Gasteiger charge is 2.15. The summed E-state index contributed by atoms with van der Waals surface area (Å²) in [6, 6.07) is 7.16. The van der Waals surface area contributed by atoms with Gasteiger partial charge in [0.25, 0.3) is 0 Å². The SMILES string of the molecule is Nc1c(-c2cccc(Cl)c2)csc1C(=O)O. The Bertz CT molecular complexity index is 551. The summed E-state index contributed by atoms with van der Waals surface area (Å²) in [7, 11) is 0. The fraction of sp³-hybridized carbons (Fsp3) is 0. The second kappa shape index (κ2) is 4.15. The Morgan fingerprint density at radius 3 is 2.75 bits per heavy atom. The topological polar surface area (TPSA) is 63.3 Å². The number of nitrogens with two attached hydrogens (primary N) is 1. The molecular formula is C11H8ClNO2S. The molecule has 5 heteroatoms. The summed E-state index contributed by atoms with van der Waals surface area (Å²) in [5, 5.41) is 11.2. The standard InChI is InChI=1S/C11H8ClNO2S/c12-7-3-1-2-6(4-7)8-5-16-10(9(8)13)11(14)15/h1-5H,13H2,(H,14,15). The Morgan fingerprint density at radius 2 is 2.19 bits per heavy atom. The van der Waals surface area contributed by atoms with Crippen molar-refractivity contribution in [2.45, 2.75) is 0 Å². The molecule has 0 saturated heterocycles. The van der Waals surface area contributed by atoms with Gasteiger partial charge in [0.1, 0.15) is 4.88 Å². The van der Waals surface area contributed by atoms with E-state index in [9.17, 15) is 4.79 Å². The van der Waals surface area contributed by atoms with E-state index in [2.05, 4.69) is 0 Å². The third-order valence-corrected chi connectivity index (χ3v) is 3.38. The molecule has 1 aromatic carbocycles. The minimum atomic E-state index is -1.00. The van der Waals surface area contributed by atoms with E-state index in [-0.39, 0.29) is 4.88 Å². The highest BCUT2D eigenvalue weighted by Crippen LogP contribution is 2.34. The van der Waals surface area contributed by atoms with Crippen LogP contribution in [0.25, 0.3) is 11.1 Å². The number of carboxylic acid groups (broad SMARTS) is 1. The van der Waals surface area contributed by atoms with Crippen molar-refractivity contribution in [3.63, 3.8) is 0 Å². The molecule has 0 aliphatic heterocycles. The van der Waals surface area contributed by atoms with E-state index in [1.54, 1.807) is 23.6 Å². The zero-order chi connectivity index (χ0) is 11.7. The molecular weight excluding hydrogens is 246 g/mol. The number of nitrogen functional groups attached to an aromatic ring is 1. The van der Waals surface area contributed by atoms with Crippen LogP contribution in [0, 0.1) is 0 Å². The van der Waals surface area contributed by atoms with Gasteiger partial charge in [-0.15, -0.1) is 11.3 Å². The molecule has 82 valence electrons. The summed E-state index contributed by atoms with van der Waals surface area (Å²) >= 11 is 6.98. The molecule has 1 aromatic heterocycles. The Balaban J connectivity index is 2.53. The van der Waals surface area contributed by atoms with Crippen molar-refractivity contribution < 1.29 is 9.90 Å². The number of rotatable bonds is 2. The maximum absolute atomic E-state index is 10.8. The predicted molar refractivity (Wildman–Crippen MR) is 66.1 cm³/mol. The van der Waals surface area contributed by atoms with Crippen LogP contribution < -0.4 is 5.73 Å². The van der Waals surface area contributed by atoms with Crippen molar-refractivity contribution in [2.75, 3.05) is 5.73 Å². The molecule has 3 N–H and O–H groups in total. The Kier molecular flexibility index (Phi) is 2.85. The maximum Gasteiger partial charge on any atom is 0.348 e. The van der Waals surface area contributed by atoms with E-state index in [1.165, 1.54) is 0 Å². The molecule has 3 nitrogen and oxygen atoms in total. The van der Waals surface area contributed by atoms with E-state index < -0.39 is 5.97 Å². The number of hydrogen-bond acceptors (Lipinski definition) is 3. The first-order valence-electron chi connectivity index (χ1n) is 4.46. The second-order valence-electron chi connectivity index (χ2n) is 3.21. The van der Waals surface area contributed by atoms with Gasteiger partial charge in [-0.3, -0.25) is 0 Å². The molecule has 0 spiro atoms. The van der Waals surface area contributed by atoms with Crippen LogP contribution in [0.2, 0.25) is 5.02 Å². The lowest BCUT2D eigenvalue weighted by atomic mass is 10.1.